The minimum atomic E-state index is -0.240. The molecular formula is C26H23N3O. The molecular weight excluding hydrogens is 370 g/mol. The molecule has 4 aromatic rings. The summed E-state index contributed by atoms with van der Waals surface area (Å²) in [7, 11) is 0. The van der Waals surface area contributed by atoms with Crippen LogP contribution < -0.4 is 5.43 Å². The number of carbonyl (C=O) groups excluding carboxylic acids is 1. The third-order valence-electron chi connectivity index (χ3n) is 4.92. The third kappa shape index (κ3) is 4.28. The lowest BCUT2D eigenvalue weighted by atomic mass is 10.0. The van der Waals surface area contributed by atoms with Gasteiger partial charge in [0, 0.05) is 10.9 Å². The second-order valence-electron chi connectivity index (χ2n) is 7.05. The van der Waals surface area contributed by atoms with Gasteiger partial charge >= 0.3 is 0 Å². The Labute approximate surface area is 176 Å². The lowest BCUT2D eigenvalue weighted by Crippen LogP contribution is -2.20. The summed E-state index contributed by atoms with van der Waals surface area (Å²) in [6, 6.07) is 29.3. The Morgan fingerprint density at radius 3 is 2.30 bits per heavy atom. The molecule has 148 valence electrons. The monoisotopic (exact) mass is 393 g/mol. The molecule has 1 N–H and O–H groups in total. The van der Waals surface area contributed by atoms with Crippen molar-refractivity contribution in [2.75, 3.05) is 0 Å². The molecule has 1 amide bonds. The molecule has 4 rings (SSSR count). The molecule has 0 atom stereocenters. The maximum Gasteiger partial charge on any atom is 0.272 e. The van der Waals surface area contributed by atoms with Crippen molar-refractivity contribution in [3.05, 3.63) is 102 Å². The van der Waals surface area contributed by atoms with Crippen LogP contribution in [0.25, 0.3) is 22.2 Å². The Morgan fingerprint density at radius 2 is 1.57 bits per heavy atom. The summed E-state index contributed by atoms with van der Waals surface area (Å²) in [5.74, 6) is -0.240. The van der Waals surface area contributed by atoms with Crippen LogP contribution in [0, 0.1) is 0 Å². The zero-order chi connectivity index (χ0) is 20.8. The number of nitrogens with zero attached hydrogens (tertiary/aromatic N) is 2. The van der Waals surface area contributed by atoms with E-state index in [4.69, 9.17) is 4.98 Å². The summed E-state index contributed by atoms with van der Waals surface area (Å²) in [6.07, 6.45) is 1.73. The molecule has 0 radical (unpaired) electrons. The van der Waals surface area contributed by atoms with Gasteiger partial charge in [0.05, 0.1) is 22.5 Å². The van der Waals surface area contributed by atoms with Crippen LogP contribution in [0.15, 0.2) is 96.1 Å². The van der Waals surface area contributed by atoms with E-state index >= 15 is 0 Å². The topological polar surface area (TPSA) is 54.4 Å². The van der Waals surface area contributed by atoms with Crippen LogP contribution in [0.4, 0.5) is 0 Å². The number of amides is 1. The Hall–Kier alpha value is -3.79. The Kier molecular flexibility index (Phi) is 5.95. The molecule has 0 saturated carbocycles. The fourth-order valence-corrected chi connectivity index (χ4v) is 3.43. The van der Waals surface area contributed by atoms with Crippen LogP contribution in [0.2, 0.25) is 0 Å². The zero-order valence-electron chi connectivity index (χ0n) is 16.9. The van der Waals surface area contributed by atoms with E-state index < -0.39 is 0 Å². The van der Waals surface area contributed by atoms with Gasteiger partial charge in [0.25, 0.3) is 5.91 Å². The Balaban J connectivity index is 1.72. The highest BCUT2D eigenvalue weighted by Crippen LogP contribution is 2.24. The number of rotatable bonds is 6. The molecule has 4 heteroatoms. The van der Waals surface area contributed by atoms with Crippen LogP contribution in [-0.4, -0.2) is 16.6 Å². The SMILES string of the molecule is CCC/C(=N\NC(=O)c1cc(-c2ccccc2)nc2ccccc12)c1ccccc1. The number of hydrazone groups is 1. The molecule has 0 bridgehead atoms. The molecule has 1 heterocycles. The van der Waals surface area contributed by atoms with E-state index in [2.05, 4.69) is 17.5 Å². The van der Waals surface area contributed by atoms with Crippen molar-refractivity contribution in [3.8, 4) is 11.3 Å². The predicted molar refractivity (Wildman–Crippen MR) is 123 cm³/mol. The number of pyridine rings is 1. The van der Waals surface area contributed by atoms with Gasteiger partial charge in [-0.15, -0.1) is 0 Å². The molecule has 0 aliphatic rings. The maximum absolute atomic E-state index is 13.1. The van der Waals surface area contributed by atoms with Crippen LogP contribution in [0.3, 0.4) is 0 Å². The summed E-state index contributed by atoms with van der Waals surface area (Å²) in [5.41, 5.74) is 7.74. The lowest BCUT2D eigenvalue weighted by Gasteiger charge is -2.10. The van der Waals surface area contributed by atoms with Crippen molar-refractivity contribution in [2.45, 2.75) is 19.8 Å². The molecule has 0 saturated heterocycles. The van der Waals surface area contributed by atoms with Crippen LogP contribution in [-0.2, 0) is 0 Å². The van der Waals surface area contributed by atoms with Gasteiger partial charge in [-0.1, -0.05) is 92.2 Å². The highest BCUT2D eigenvalue weighted by Gasteiger charge is 2.14. The summed E-state index contributed by atoms with van der Waals surface area (Å²) >= 11 is 0. The van der Waals surface area contributed by atoms with Gasteiger partial charge in [0.2, 0.25) is 0 Å². The molecule has 30 heavy (non-hydrogen) atoms. The minimum absolute atomic E-state index is 0.240. The molecule has 0 fully saturated rings. The minimum Gasteiger partial charge on any atom is -0.267 e. The van der Waals surface area contributed by atoms with Crippen molar-refractivity contribution in [3.63, 3.8) is 0 Å². The predicted octanol–water partition coefficient (Wildman–Crippen LogP) is 5.84. The third-order valence-corrected chi connectivity index (χ3v) is 4.92. The molecule has 1 aromatic heterocycles. The first kappa shape index (κ1) is 19.5. The molecule has 0 aliphatic heterocycles. The summed E-state index contributed by atoms with van der Waals surface area (Å²) in [5, 5.41) is 5.27. The van der Waals surface area contributed by atoms with Gasteiger partial charge in [0.1, 0.15) is 0 Å². The number of fused-ring (bicyclic) bond motifs is 1. The number of para-hydroxylation sites is 1. The second kappa shape index (κ2) is 9.14. The summed E-state index contributed by atoms with van der Waals surface area (Å²) in [4.78, 5) is 17.9. The normalized spacial score (nSPS) is 11.4. The van der Waals surface area contributed by atoms with Crippen molar-refractivity contribution in [2.24, 2.45) is 5.10 Å². The van der Waals surface area contributed by atoms with E-state index in [0.717, 1.165) is 46.3 Å². The van der Waals surface area contributed by atoms with Crippen molar-refractivity contribution < 1.29 is 4.79 Å². The fraction of sp³-hybridized carbons (Fsp3) is 0.115. The first-order chi connectivity index (χ1) is 14.8. The zero-order valence-corrected chi connectivity index (χ0v) is 16.9. The second-order valence-corrected chi connectivity index (χ2v) is 7.05. The number of hydrogen-bond donors (Lipinski definition) is 1. The van der Waals surface area contributed by atoms with Gasteiger partial charge in [-0.3, -0.25) is 4.79 Å². The molecule has 4 nitrogen and oxygen atoms in total. The van der Waals surface area contributed by atoms with E-state index in [-0.39, 0.29) is 5.91 Å². The number of hydrogen-bond acceptors (Lipinski definition) is 3. The lowest BCUT2D eigenvalue weighted by molar-refractivity contribution is 0.0956. The van der Waals surface area contributed by atoms with E-state index in [9.17, 15) is 4.79 Å². The van der Waals surface area contributed by atoms with Crippen molar-refractivity contribution in [1.29, 1.82) is 0 Å². The molecule has 0 spiro atoms. The van der Waals surface area contributed by atoms with E-state index in [1.807, 2.05) is 91.0 Å². The number of carbonyl (C=O) groups is 1. The van der Waals surface area contributed by atoms with E-state index in [1.165, 1.54) is 0 Å². The van der Waals surface area contributed by atoms with Gasteiger partial charge < -0.3 is 0 Å². The number of benzene rings is 3. The fourth-order valence-electron chi connectivity index (χ4n) is 3.43. The van der Waals surface area contributed by atoms with Gasteiger partial charge in [0.15, 0.2) is 0 Å². The quantitative estimate of drug-likeness (QED) is 0.331. The number of nitrogens with one attached hydrogen (secondary N) is 1. The van der Waals surface area contributed by atoms with Crippen LogP contribution in [0.5, 0.6) is 0 Å². The Bertz CT molecular complexity index is 1180. The van der Waals surface area contributed by atoms with E-state index in [1.54, 1.807) is 0 Å². The van der Waals surface area contributed by atoms with Crippen molar-refractivity contribution in [1.82, 2.24) is 10.4 Å². The largest absolute Gasteiger partial charge is 0.272 e. The average molecular weight is 393 g/mol. The standard InChI is InChI=1S/C26H23N3O/c1-2-11-23(19-12-5-3-6-13-19)28-29-26(30)22-18-25(20-14-7-4-8-15-20)27-24-17-10-9-16-21(22)24/h3-10,12-18H,2,11H2,1H3,(H,29,30)/b28-23+. The average Bonchev–Trinajstić information content (AvgIpc) is 2.82. The summed E-state index contributed by atoms with van der Waals surface area (Å²) in [6.45, 7) is 2.10. The molecule has 0 aliphatic carbocycles. The first-order valence-electron chi connectivity index (χ1n) is 10.1. The number of aromatic nitrogens is 1. The van der Waals surface area contributed by atoms with Gasteiger partial charge in [-0.2, -0.15) is 5.10 Å². The molecule has 0 unspecified atom stereocenters. The summed E-state index contributed by atoms with van der Waals surface area (Å²) < 4.78 is 0. The van der Waals surface area contributed by atoms with Crippen molar-refractivity contribution >= 4 is 22.5 Å². The van der Waals surface area contributed by atoms with Gasteiger partial charge in [-0.25, -0.2) is 10.4 Å². The van der Waals surface area contributed by atoms with Gasteiger partial charge in [-0.05, 0) is 24.1 Å². The first-order valence-corrected chi connectivity index (χ1v) is 10.1. The van der Waals surface area contributed by atoms with Crippen LogP contribution >= 0.6 is 0 Å². The smallest absolute Gasteiger partial charge is 0.267 e. The molecule has 3 aromatic carbocycles. The van der Waals surface area contributed by atoms with Crippen LogP contribution in [0.1, 0.15) is 35.7 Å². The highest BCUT2D eigenvalue weighted by molar-refractivity contribution is 6.08. The maximum atomic E-state index is 13.1. The Morgan fingerprint density at radius 1 is 0.900 bits per heavy atom. The highest BCUT2D eigenvalue weighted by atomic mass is 16.2. The van der Waals surface area contributed by atoms with E-state index in [0.29, 0.717) is 5.56 Å².